The molecule has 5 heteroatoms. The predicted molar refractivity (Wildman–Crippen MR) is 127 cm³/mol. The fourth-order valence-electron chi connectivity index (χ4n) is 3.84. The maximum Gasteiger partial charge on any atom is 0.342 e. The van der Waals surface area contributed by atoms with Crippen molar-refractivity contribution < 1.29 is 14.3 Å². The van der Waals surface area contributed by atoms with E-state index in [1.165, 1.54) is 0 Å². The molecule has 1 amide bonds. The largest absolute Gasteiger partial charge is 0.433 e. The molecule has 1 heterocycles. The molecule has 0 fully saturated rings. The van der Waals surface area contributed by atoms with Crippen LogP contribution >= 0.6 is 15.9 Å². The van der Waals surface area contributed by atoms with Gasteiger partial charge in [0.2, 0.25) is 6.23 Å². The van der Waals surface area contributed by atoms with Gasteiger partial charge in [0, 0.05) is 15.6 Å². The Balaban J connectivity index is 1.56. The summed E-state index contributed by atoms with van der Waals surface area (Å²) in [7, 11) is 0. The number of halogens is 1. The Bertz CT molecular complexity index is 1280. The number of carbonyl (C=O) groups excluding carboxylic acids is 2. The second-order valence-corrected chi connectivity index (χ2v) is 8.36. The van der Waals surface area contributed by atoms with Gasteiger partial charge in [-0.2, -0.15) is 0 Å². The Morgan fingerprint density at radius 1 is 0.750 bits per heavy atom. The van der Waals surface area contributed by atoms with Crippen molar-refractivity contribution in [3.63, 3.8) is 0 Å². The molecule has 4 aromatic carbocycles. The summed E-state index contributed by atoms with van der Waals surface area (Å²) in [6.45, 7) is 0. The van der Waals surface area contributed by atoms with Gasteiger partial charge in [-0.3, -0.25) is 9.69 Å². The highest BCUT2D eigenvalue weighted by atomic mass is 79.9. The fraction of sp³-hybridized carbons (Fsp3) is 0.0370. The number of nitrogens with zero attached hydrogens (tertiary/aromatic N) is 1. The van der Waals surface area contributed by atoms with E-state index >= 15 is 0 Å². The van der Waals surface area contributed by atoms with E-state index in [9.17, 15) is 9.59 Å². The number of anilines is 1. The zero-order valence-electron chi connectivity index (χ0n) is 16.9. The van der Waals surface area contributed by atoms with Gasteiger partial charge in [0.15, 0.2) is 0 Å². The number of rotatable bonds is 3. The third kappa shape index (κ3) is 3.72. The molecule has 156 valence electrons. The van der Waals surface area contributed by atoms with Crippen LogP contribution in [0.25, 0.3) is 11.1 Å². The summed E-state index contributed by atoms with van der Waals surface area (Å²) in [6.07, 6.45) is -0.855. The van der Waals surface area contributed by atoms with Gasteiger partial charge in [0.25, 0.3) is 5.91 Å². The van der Waals surface area contributed by atoms with E-state index < -0.39 is 12.2 Å². The average Bonchev–Trinajstić information content (AvgIpc) is 2.85. The van der Waals surface area contributed by atoms with Crippen LogP contribution in [0.1, 0.15) is 32.5 Å². The number of cyclic esters (lactones) is 1. The van der Waals surface area contributed by atoms with Crippen LogP contribution in [0.5, 0.6) is 0 Å². The molecule has 0 spiro atoms. The van der Waals surface area contributed by atoms with Crippen LogP contribution in [0.15, 0.2) is 108 Å². The van der Waals surface area contributed by atoms with Crippen molar-refractivity contribution in [2.24, 2.45) is 0 Å². The Morgan fingerprint density at radius 2 is 1.38 bits per heavy atom. The highest BCUT2D eigenvalue weighted by Gasteiger charge is 2.38. The Morgan fingerprint density at radius 3 is 2.09 bits per heavy atom. The summed E-state index contributed by atoms with van der Waals surface area (Å²) in [5.74, 6) is -0.686. The molecule has 0 N–H and O–H groups in total. The lowest BCUT2D eigenvalue weighted by atomic mass is 10.0. The lowest BCUT2D eigenvalue weighted by Gasteiger charge is -2.36. The van der Waals surface area contributed by atoms with Gasteiger partial charge in [-0.1, -0.05) is 82.7 Å². The second-order valence-electron chi connectivity index (χ2n) is 7.44. The fourth-order valence-corrected chi connectivity index (χ4v) is 4.10. The van der Waals surface area contributed by atoms with Crippen LogP contribution in [-0.2, 0) is 4.74 Å². The van der Waals surface area contributed by atoms with Crippen LogP contribution in [0, 0.1) is 0 Å². The molecule has 0 unspecified atom stereocenters. The number of para-hydroxylation sites is 1. The van der Waals surface area contributed by atoms with E-state index in [2.05, 4.69) is 15.9 Å². The number of hydrogen-bond acceptors (Lipinski definition) is 3. The summed E-state index contributed by atoms with van der Waals surface area (Å²) in [5, 5.41) is 0. The van der Waals surface area contributed by atoms with Gasteiger partial charge < -0.3 is 4.74 Å². The van der Waals surface area contributed by atoms with Gasteiger partial charge in [-0.05, 0) is 47.5 Å². The van der Waals surface area contributed by atoms with Gasteiger partial charge in [-0.15, -0.1) is 0 Å². The molecule has 32 heavy (non-hydrogen) atoms. The van der Waals surface area contributed by atoms with Gasteiger partial charge in [0.05, 0.1) is 11.3 Å². The topological polar surface area (TPSA) is 46.6 Å². The molecule has 0 bridgehead atoms. The number of esters is 1. The number of amides is 1. The van der Waals surface area contributed by atoms with Crippen LogP contribution in [0.3, 0.4) is 0 Å². The minimum absolute atomic E-state index is 0.238. The molecule has 0 aromatic heterocycles. The normalized spacial score (nSPS) is 15.1. The number of fused-ring (bicyclic) bond motifs is 1. The second kappa shape index (κ2) is 8.44. The summed E-state index contributed by atoms with van der Waals surface area (Å²) in [5.41, 5.74) is 4.24. The van der Waals surface area contributed by atoms with Crippen LogP contribution in [-0.4, -0.2) is 11.9 Å². The lowest BCUT2D eigenvalue weighted by molar-refractivity contribution is 0.0249. The molecule has 1 aliphatic heterocycles. The smallest absolute Gasteiger partial charge is 0.342 e. The Labute approximate surface area is 194 Å². The zero-order chi connectivity index (χ0) is 22.1. The molecule has 1 aliphatic rings. The third-order valence-corrected chi connectivity index (χ3v) is 5.98. The molecule has 0 aliphatic carbocycles. The van der Waals surface area contributed by atoms with E-state index in [1.54, 1.807) is 23.1 Å². The summed E-state index contributed by atoms with van der Waals surface area (Å²) >= 11 is 3.43. The molecule has 4 aromatic rings. The van der Waals surface area contributed by atoms with E-state index in [0.29, 0.717) is 22.4 Å². The number of ether oxygens (including phenoxy) is 1. The first-order chi connectivity index (χ1) is 15.6. The highest BCUT2D eigenvalue weighted by molar-refractivity contribution is 9.10. The van der Waals surface area contributed by atoms with Gasteiger partial charge >= 0.3 is 5.97 Å². The summed E-state index contributed by atoms with van der Waals surface area (Å²) < 4.78 is 6.64. The average molecular weight is 484 g/mol. The zero-order valence-corrected chi connectivity index (χ0v) is 18.5. The molecule has 0 saturated carbocycles. The van der Waals surface area contributed by atoms with E-state index in [0.717, 1.165) is 15.6 Å². The van der Waals surface area contributed by atoms with Crippen molar-refractivity contribution in [2.45, 2.75) is 6.23 Å². The molecular weight excluding hydrogens is 466 g/mol. The lowest BCUT2D eigenvalue weighted by Crippen LogP contribution is -2.41. The van der Waals surface area contributed by atoms with Crippen LogP contribution < -0.4 is 4.90 Å². The van der Waals surface area contributed by atoms with Crippen molar-refractivity contribution in [1.82, 2.24) is 0 Å². The van der Waals surface area contributed by atoms with Crippen molar-refractivity contribution in [3.8, 4) is 11.1 Å². The number of hydrogen-bond donors (Lipinski definition) is 0. The highest BCUT2D eigenvalue weighted by Crippen LogP contribution is 2.38. The molecule has 4 nitrogen and oxygen atoms in total. The summed E-state index contributed by atoms with van der Waals surface area (Å²) in [6, 6.07) is 31.9. The summed E-state index contributed by atoms with van der Waals surface area (Å²) in [4.78, 5) is 27.9. The number of benzene rings is 4. The maximum absolute atomic E-state index is 13.7. The molecule has 5 rings (SSSR count). The monoisotopic (exact) mass is 483 g/mol. The number of carbonyl (C=O) groups is 2. The van der Waals surface area contributed by atoms with E-state index in [4.69, 9.17) is 4.74 Å². The van der Waals surface area contributed by atoms with Crippen LogP contribution in [0.2, 0.25) is 0 Å². The first kappa shape index (κ1) is 20.2. The molecule has 0 saturated heterocycles. The minimum atomic E-state index is -0.855. The molecule has 1 atom stereocenters. The van der Waals surface area contributed by atoms with Crippen molar-refractivity contribution >= 4 is 33.5 Å². The first-order valence-electron chi connectivity index (χ1n) is 10.2. The predicted octanol–water partition coefficient (Wildman–Crippen LogP) is 6.63. The quantitative estimate of drug-likeness (QED) is 0.307. The van der Waals surface area contributed by atoms with Gasteiger partial charge in [0.1, 0.15) is 0 Å². The first-order valence-corrected chi connectivity index (χ1v) is 11.0. The maximum atomic E-state index is 13.7. The molecular formula is C27H18BrNO3. The Kier molecular flexibility index (Phi) is 5.33. The van der Waals surface area contributed by atoms with Crippen LogP contribution in [0.4, 0.5) is 5.69 Å². The SMILES string of the molecule is O=C1O[C@H](c2ccc(Br)cc2)N(C(=O)c2ccc(-c3ccccc3)cc2)c2ccccc21. The van der Waals surface area contributed by atoms with Crippen molar-refractivity contribution in [2.75, 3.05) is 4.90 Å². The molecule has 0 radical (unpaired) electrons. The van der Waals surface area contributed by atoms with Crippen molar-refractivity contribution in [3.05, 3.63) is 124 Å². The van der Waals surface area contributed by atoms with E-state index in [-0.39, 0.29) is 5.91 Å². The van der Waals surface area contributed by atoms with E-state index in [1.807, 2.05) is 84.9 Å². The van der Waals surface area contributed by atoms with Crippen molar-refractivity contribution in [1.29, 1.82) is 0 Å². The van der Waals surface area contributed by atoms with Gasteiger partial charge in [-0.25, -0.2) is 4.79 Å². The minimum Gasteiger partial charge on any atom is -0.433 e. The Hall–Kier alpha value is -3.70. The third-order valence-electron chi connectivity index (χ3n) is 5.45. The standard InChI is InChI=1S/C27H18BrNO3/c28-22-16-14-21(15-17-22)26-29(24-9-5-4-8-23(24)27(31)32-26)25(30)20-12-10-19(11-13-20)18-6-2-1-3-7-18/h1-17,26H/t26-/m1/s1.